The number of rotatable bonds is 25. The first-order valence-corrected chi connectivity index (χ1v) is 17.3. The van der Waals surface area contributed by atoms with Gasteiger partial charge in [0.15, 0.2) is 0 Å². The summed E-state index contributed by atoms with van der Waals surface area (Å²) < 4.78 is 0.404. The van der Waals surface area contributed by atoms with Gasteiger partial charge in [-0.05, 0) is 57.8 Å². The lowest BCUT2D eigenvalue weighted by Gasteiger charge is -2.15. The maximum Gasteiger partial charge on any atom is 0.246 e. The highest BCUT2D eigenvalue weighted by Gasteiger charge is 2.14. The number of hydroxylamine groups is 6. The van der Waals surface area contributed by atoms with Crippen LogP contribution in [0, 0.1) is 0 Å². The van der Waals surface area contributed by atoms with E-state index in [0.29, 0.717) is 84.2 Å². The van der Waals surface area contributed by atoms with Gasteiger partial charge >= 0.3 is 0 Å². The third-order valence-electron chi connectivity index (χ3n) is 6.30. The van der Waals surface area contributed by atoms with Gasteiger partial charge in [-0.25, -0.2) is 15.2 Å². The lowest BCUT2D eigenvalue weighted by Crippen LogP contribution is -2.31. The van der Waals surface area contributed by atoms with Gasteiger partial charge in [0, 0.05) is 71.9 Å². The summed E-state index contributed by atoms with van der Waals surface area (Å²) in [5, 5.41) is 39.0. The Kier molecular flexibility index (Phi) is 29.8. The summed E-state index contributed by atoms with van der Waals surface area (Å²) in [7, 11) is 0. The third kappa shape index (κ3) is 27.5. The Balaban J connectivity index is 0. The second-order valence-electron chi connectivity index (χ2n) is 10.0. The maximum atomic E-state index is 12.0. The summed E-state index contributed by atoms with van der Waals surface area (Å²) >= 11 is 1.98. The van der Waals surface area contributed by atoms with Gasteiger partial charge in [-0.15, -0.1) is 0 Å². The molecule has 16 heteroatoms. The van der Waals surface area contributed by atoms with Crippen molar-refractivity contribution in [2.45, 2.75) is 104 Å². The van der Waals surface area contributed by atoms with Crippen LogP contribution in [0.15, 0.2) is 0 Å². The molecule has 0 rings (SSSR count). The van der Waals surface area contributed by atoms with Crippen LogP contribution in [0.5, 0.6) is 0 Å². The van der Waals surface area contributed by atoms with Gasteiger partial charge in [0.25, 0.3) is 0 Å². The molecule has 0 saturated heterocycles. The molecular weight excluding hydrogens is 703 g/mol. The zero-order chi connectivity index (χ0) is 34.5. The largest absolute Gasteiger partial charge is 0.356 e. The van der Waals surface area contributed by atoms with E-state index in [0.717, 1.165) is 12.8 Å². The number of nitrogens with zero attached hydrogens (tertiary/aromatic N) is 3. The minimum Gasteiger partial charge on any atom is -0.356 e. The molecule has 0 aromatic carbocycles. The molecule has 0 bridgehead atoms. The SMILES string of the molecule is CC.CC(=O)N(O)CCCCCNC(=O)CCC(=O)N(O)CCCCCNC(=O)CCC(=O)N(O)CCCCCNC(=O)CI. The molecule has 0 spiro atoms. The molecule has 0 aromatic rings. The van der Waals surface area contributed by atoms with Crippen LogP contribution in [0.2, 0.25) is 0 Å². The molecule has 6 amide bonds. The van der Waals surface area contributed by atoms with Crippen LogP contribution in [0.4, 0.5) is 0 Å². The Morgan fingerprint density at radius 2 is 0.844 bits per heavy atom. The summed E-state index contributed by atoms with van der Waals surface area (Å²) in [5.74, 6) is -2.15. The molecular formula is C29H55IN6O9. The molecule has 0 heterocycles. The van der Waals surface area contributed by atoms with E-state index < -0.39 is 17.7 Å². The van der Waals surface area contributed by atoms with Gasteiger partial charge in [0.2, 0.25) is 35.4 Å². The molecule has 0 aliphatic carbocycles. The second-order valence-corrected chi connectivity index (χ2v) is 10.8. The minimum atomic E-state index is -0.557. The third-order valence-corrected chi connectivity index (χ3v) is 6.99. The highest BCUT2D eigenvalue weighted by atomic mass is 127. The quantitative estimate of drug-likeness (QED) is 0.0266. The van der Waals surface area contributed by atoms with Gasteiger partial charge in [-0.3, -0.25) is 44.4 Å². The fourth-order valence-electron chi connectivity index (χ4n) is 3.70. The average molecular weight is 759 g/mol. The lowest BCUT2D eigenvalue weighted by molar-refractivity contribution is -0.166. The highest BCUT2D eigenvalue weighted by molar-refractivity contribution is 14.1. The Hall–Kier alpha value is -2.57. The van der Waals surface area contributed by atoms with Crippen molar-refractivity contribution in [2.75, 3.05) is 43.7 Å². The van der Waals surface area contributed by atoms with Gasteiger partial charge in [-0.1, -0.05) is 36.4 Å². The molecule has 0 fully saturated rings. The van der Waals surface area contributed by atoms with Gasteiger partial charge in [0.1, 0.15) is 0 Å². The molecule has 0 atom stereocenters. The summed E-state index contributed by atoms with van der Waals surface area (Å²) in [6, 6.07) is 0. The van der Waals surface area contributed by atoms with Crippen LogP contribution in [0.1, 0.15) is 104 Å². The minimum absolute atomic E-state index is 0.0253. The predicted octanol–water partition coefficient (Wildman–Crippen LogP) is 2.54. The van der Waals surface area contributed by atoms with Crippen molar-refractivity contribution in [3.63, 3.8) is 0 Å². The molecule has 6 N–H and O–H groups in total. The maximum absolute atomic E-state index is 12.0. The Morgan fingerprint density at radius 3 is 1.18 bits per heavy atom. The van der Waals surface area contributed by atoms with Crippen LogP contribution >= 0.6 is 22.6 Å². The van der Waals surface area contributed by atoms with E-state index in [9.17, 15) is 44.4 Å². The van der Waals surface area contributed by atoms with Crippen LogP contribution < -0.4 is 16.0 Å². The first kappa shape index (κ1) is 44.6. The van der Waals surface area contributed by atoms with E-state index >= 15 is 0 Å². The molecule has 0 aliphatic rings. The fourth-order valence-corrected chi connectivity index (χ4v) is 3.97. The lowest BCUT2D eigenvalue weighted by atomic mass is 10.2. The molecule has 0 unspecified atom stereocenters. The Labute approximate surface area is 280 Å². The van der Waals surface area contributed by atoms with E-state index in [2.05, 4.69) is 16.0 Å². The smallest absolute Gasteiger partial charge is 0.246 e. The molecule has 262 valence electrons. The first-order valence-electron chi connectivity index (χ1n) is 15.8. The number of amides is 6. The van der Waals surface area contributed by atoms with Gasteiger partial charge < -0.3 is 16.0 Å². The van der Waals surface area contributed by atoms with Crippen molar-refractivity contribution < 1.29 is 44.4 Å². The molecule has 15 nitrogen and oxygen atoms in total. The van der Waals surface area contributed by atoms with Crippen molar-refractivity contribution in [1.82, 2.24) is 31.1 Å². The van der Waals surface area contributed by atoms with Crippen molar-refractivity contribution in [3.8, 4) is 0 Å². The van der Waals surface area contributed by atoms with Gasteiger partial charge in [-0.2, -0.15) is 0 Å². The molecule has 45 heavy (non-hydrogen) atoms. The zero-order valence-electron chi connectivity index (χ0n) is 27.2. The molecule has 0 radical (unpaired) electrons. The fraction of sp³-hybridized carbons (Fsp3) is 0.793. The van der Waals surface area contributed by atoms with Crippen LogP contribution in [-0.4, -0.2) is 110 Å². The summed E-state index contributed by atoms with van der Waals surface area (Å²) in [5.41, 5.74) is 0. The average Bonchev–Trinajstić information content (AvgIpc) is 3.03. The number of hydrogen-bond donors (Lipinski definition) is 6. The van der Waals surface area contributed by atoms with Crippen molar-refractivity contribution in [1.29, 1.82) is 0 Å². The van der Waals surface area contributed by atoms with Gasteiger partial charge in [0.05, 0.1) is 4.43 Å². The normalized spacial score (nSPS) is 10.2. The number of unbranched alkanes of at least 4 members (excludes halogenated alkanes) is 6. The summed E-state index contributed by atoms with van der Waals surface area (Å²) in [4.78, 5) is 69.8. The van der Waals surface area contributed by atoms with E-state index in [4.69, 9.17) is 0 Å². The second kappa shape index (κ2) is 30.1. The number of halogens is 1. The van der Waals surface area contributed by atoms with Crippen molar-refractivity contribution in [3.05, 3.63) is 0 Å². The van der Waals surface area contributed by atoms with E-state index in [1.807, 2.05) is 36.4 Å². The number of nitrogens with one attached hydrogen (secondary N) is 3. The monoisotopic (exact) mass is 758 g/mol. The topological polar surface area (TPSA) is 209 Å². The van der Waals surface area contributed by atoms with E-state index in [1.54, 1.807) is 0 Å². The van der Waals surface area contributed by atoms with Crippen LogP contribution in [0.3, 0.4) is 0 Å². The van der Waals surface area contributed by atoms with E-state index in [1.165, 1.54) is 6.92 Å². The Bertz CT molecular complexity index is 866. The van der Waals surface area contributed by atoms with E-state index in [-0.39, 0.29) is 63.0 Å². The van der Waals surface area contributed by atoms with Crippen molar-refractivity contribution >= 4 is 58.0 Å². The van der Waals surface area contributed by atoms with Crippen LogP contribution in [-0.2, 0) is 28.8 Å². The number of carbonyl (C=O) groups excluding carboxylic acids is 6. The zero-order valence-corrected chi connectivity index (χ0v) is 29.3. The number of hydrogen-bond acceptors (Lipinski definition) is 9. The number of carbonyl (C=O) groups is 6. The van der Waals surface area contributed by atoms with Crippen LogP contribution in [0.25, 0.3) is 0 Å². The Morgan fingerprint density at radius 1 is 0.511 bits per heavy atom. The predicted molar refractivity (Wildman–Crippen MR) is 175 cm³/mol. The van der Waals surface area contributed by atoms with Crippen molar-refractivity contribution in [2.24, 2.45) is 0 Å². The first-order chi connectivity index (χ1) is 21.5. The summed E-state index contributed by atoms with van der Waals surface area (Å²) in [6.45, 7) is 7.11. The molecule has 0 aromatic heterocycles. The summed E-state index contributed by atoms with van der Waals surface area (Å²) in [6.07, 6.45) is 5.47. The standard InChI is InChI=1S/C27H49IN6O9.C2H6/c1-22(35)32(41)18-8-2-5-15-29-23(36)11-13-26(39)33(42)19-9-3-6-16-30-24(37)12-14-27(40)34(43)20-10-4-7-17-31-25(38)21-28;1-2/h41-43H,2-21H2,1H3,(H,29,36)(H,30,37)(H,31,38);1-2H3. The number of alkyl halides is 1. The highest BCUT2D eigenvalue weighted by Crippen LogP contribution is 2.03. The molecule has 0 saturated carbocycles. The molecule has 0 aliphatic heterocycles.